The third kappa shape index (κ3) is 2.92. The third-order valence-corrected chi connectivity index (χ3v) is 4.28. The number of carbonyl (C=O) groups excluding carboxylic acids is 1. The molecular weight excluding hydrogens is 324 g/mol. The topological polar surface area (TPSA) is 80.8 Å². The molecule has 0 bridgehead atoms. The van der Waals surface area contributed by atoms with Crippen LogP contribution in [-0.4, -0.2) is 27.3 Å². The predicted octanol–water partition coefficient (Wildman–Crippen LogP) is 3.35. The monoisotopic (exact) mass is 338 g/mol. The van der Waals surface area contributed by atoms with Gasteiger partial charge in [-0.15, -0.1) is 11.3 Å². The third-order valence-electron chi connectivity index (χ3n) is 3.47. The molecule has 1 aromatic carbocycles. The quantitative estimate of drug-likeness (QED) is 0.681. The Kier molecular flexibility index (Phi) is 4.40. The molecule has 0 fully saturated rings. The van der Waals surface area contributed by atoms with Gasteiger partial charge in [0.05, 0.1) is 35.8 Å². The van der Waals surface area contributed by atoms with Crippen LogP contribution in [0.25, 0.3) is 16.4 Å². The van der Waals surface area contributed by atoms with Gasteiger partial charge in [0.25, 0.3) is 0 Å². The molecule has 0 aliphatic carbocycles. The first-order chi connectivity index (χ1) is 11.6. The van der Waals surface area contributed by atoms with Crippen LogP contribution in [0.5, 0.6) is 0 Å². The zero-order valence-corrected chi connectivity index (χ0v) is 14.0. The number of nitriles is 1. The number of thiazole rings is 1. The smallest absolute Gasteiger partial charge is 0.341 e. The number of carbonyl (C=O) groups is 1. The summed E-state index contributed by atoms with van der Waals surface area (Å²) in [6.07, 6.45) is 1.49. The number of rotatable bonds is 4. The van der Waals surface area contributed by atoms with Crippen molar-refractivity contribution in [3.63, 3.8) is 0 Å². The van der Waals surface area contributed by atoms with Gasteiger partial charge in [-0.05, 0) is 26.0 Å². The molecule has 2 aromatic heterocycles. The van der Waals surface area contributed by atoms with Gasteiger partial charge in [0.2, 0.25) is 5.13 Å². The Labute approximate surface area is 143 Å². The number of benzene rings is 1. The summed E-state index contributed by atoms with van der Waals surface area (Å²) in [7, 11) is 0. The van der Waals surface area contributed by atoms with E-state index >= 15 is 0 Å². The lowest BCUT2D eigenvalue weighted by Crippen LogP contribution is -2.06. The summed E-state index contributed by atoms with van der Waals surface area (Å²) < 4.78 is 6.64. The van der Waals surface area contributed by atoms with E-state index in [4.69, 9.17) is 10.00 Å². The van der Waals surface area contributed by atoms with Gasteiger partial charge in [-0.2, -0.15) is 10.4 Å². The van der Waals surface area contributed by atoms with Crippen LogP contribution in [0.3, 0.4) is 0 Å². The Morgan fingerprint density at radius 1 is 1.46 bits per heavy atom. The second kappa shape index (κ2) is 6.64. The van der Waals surface area contributed by atoms with E-state index in [0.717, 1.165) is 11.3 Å². The van der Waals surface area contributed by atoms with Crippen LogP contribution in [0.2, 0.25) is 0 Å². The fourth-order valence-electron chi connectivity index (χ4n) is 2.25. The maximum atomic E-state index is 11.9. The molecule has 0 spiro atoms. The van der Waals surface area contributed by atoms with Crippen LogP contribution in [0.1, 0.15) is 28.5 Å². The first kappa shape index (κ1) is 15.9. The van der Waals surface area contributed by atoms with Gasteiger partial charge in [0.15, 0.2) is 0 Å². The Morgan fingerprint density at radius 3 is 3.04 bits per heavy atom. The molecule has 3 rings (SSSR count). The van der Waals surface area contributed by atoms with E-state index in [0.29, 0.717) is 28.6 Å². The minimum absolute atomic E-state index is 0.320. The Morgan fingerprint density at radius 2 is 2.29 bits per heavy atom. The van der Waals surface area contributed by atoms with Crippen molar-refractivity contribution in [2.75, 3.05) is 6.61 Å². The van der Waals surface area contributed by atoms with Crippen molar-refractivity contribution in [3.8, 4) is 22.5 Å². The Bertz CT molecular complexity index is 936. The molecule has 0 N–H and O–H groups in total. The lowest BCUT2D eigenvalue weighted by atomic mass is 10.1. The van der Waals surface area contributed by atoms with E-state index in [-0.39, 0.29) is 5.97 Å². The SMILES string of the molecule is CCOC(=O)c1cnn(-c2nc(-c3cccc(C#N)c3)cs2)c1C. The molecule has 3 aromatic rings. The van der Waals surface area contributed by atoms with Gasteiger partial charge in [0, 0.05) is 10.9 Å². The number of hydrogen-bond acceptors (Lipinski definition) is 6. The van der Waals surface area contributed by atoms with E-state index in [1.165, 1.54) is 17.5 Å². The van der Waals surface area contributed by atoms with Gasteiger partial charge in [-0.1, -0.05) is 12.1 Å². The second-order valence-electron chi connectivity index (χ2n) is 4.98. The molecule has 24 heavy (non-hydrogen) atoms. The van der Waals surface area contributed by atoms with E-state index in [1.54, 1.807) is 30.7 Å². The first-order valence-electron chi connectivity index (χ1n) is 7.32. The highest BCUT2D eigenvalue weighted by molar-refractivity contribution is 7.12. The highest BCUT2D eigenvalue weighted by Gasteiger charge is 2.18. The van der Waals surface area contributed by atoms with Gasteiger partial charge in [-0.3, -0.25) is 0 Å². The fraction of sp³-hybridized carbons (Fsp3) is 0.176. The minimum Gasteiger partial charge on any atom is -0.462 e. The van der Waals surface area contributed by atoms with Crippen molar-refractivity contribution in [2.45, 2.75) is 13.8 Å². The van der Waals surface area contributed by atoms with Crippen molar-refractivity contribution in [1.82, 2.24) is 14.8 Å². The average molecular weight is 338 g/mol. The molecule has 0 amide bonds. The Hall–Kier alpha value is -2.98. The highest BCUT2D eigenvalue weighted by atomic mass is 32.1. The van der Waals surface area contributed by atoms with E-state index < -0.39 is 0 Å². The maximum Gasteiger partial charge on any atom is 0.341 e. The zero-order chi connectivity index (χ0) is 17.1. The number of nitrogens with zero attached hydrogens (tertiary/aromatic N) is 4. The molecule has 0 radical (unpaired) electrons. The zero-order valence-electron chi connectivity index (χ0n) is 13.2. The number of ether oxygens (including phenoxy) is 1. The van der Waals surface area contributed by atoms with Gasteiger partial charge in [0.1, 0.15) is 5.56 Å². The Balaban J connectivity index is 1.94. The molecule has 0 aliphatic heterocycles. The molecule has 2 heterocycles. The largest absolute Gasteiger partial charge is 0.462 e. The molecular formula is C17H14N4O2S. The summed E-state index contributed by atoms with van der Waals surface area (Å²) in [4.78, 5) is 16.4. The molecule has 7 heteroatoms. The summed E-state index contributed by atoms with van der Waals surface area (Å²) in [5, 5.41) is 15.8. The van der Waals surface area contributed by atoms with E-state index in [9.17, 15) is 4.79 Å². The minimum atomic E-state index is -0.389. The molecule has 0 atom stereocenters. The number of aromatic nitrogens is 3. The first-order valence-corrected chi connectivity index (χ1v) is 8.20. The number of esters is 1. The standard InChI is InChI=1S/C17H14N4O2S/c1-3-23-16(22)14-9-19-21(11(14)2)17-20-15(10-24-17)13-6-4-5-12(7-13)8-18/h4-7,9-10H,3H2,1-2H3. The highest BCUT2D eigenvalue weighted by Crippen LogP contribution is 2.26. The van der Waals surface area contributed by atoms with Crippen LogP contribution in [0.4, 0.5) is 0 Å². The normalized spacial score (nSPS) is 10.4. The van der Waals surface area contributed by atoms with Crippen molar-refractivity contribution < 1.29 is 9.53 Å². The van der Waals surface area contributed by atoms with Crippen molar-refractivity contribution >= 4 is 17.3 Å². The van der Waals surface area contributed by atoms with Gasteiger partial charge >= 0.3 is 5.97 Å². The summed E-state index contributed by atoms with van der Waals surface area (Å²) >= 11 is 1.42. The summed E-state index contributed by atoms with van der Waals surface area (Å²) in [6, 6.07) is 9.39. The van der Waals surface area contributed by atoms with Crippen LogP contribution >= 0.6 is 11.3 Å². The van der Waals surface area contributed by atoms with Crippen LogP contribution in [0.15, 0.2) is 35.8 Å². The lowest BCUT2D eigenvalue weighted by molar-refractivity contribution is 0.0525. The summed E-state index contributed by atoms with van der Waals surface area (Å²) in [5.41, 5.74) is 3.33. The van der Waals surface area contributed by atoms with Crippen molar-refractivity contribution in [1.29, 1.82) is 5.26 Å². The van der Waals surface area contributed by atoms with Crippen molar-refractivity contribution in [3.05, 3.63) is 52.7 Å². The van der Waals surface area contributed by atoms with Crippen LogP contribution in [0, 0.1) is 18.3 Å². The molecule has 0 unspecified atom stereocenters. The summed E-state index contributed by atoms with van der Waals surface area (Å²) in [6.45, 7) is 3.89. The molecule has 0 aliphatic rings. The number of hydrogen-bond donors (Lipinski definition) is 0. The van der Waals surface area contributed by atoms with Gasteiger partial charge in [-0.25, -0.2) is 14.5 Å². The average Bonchev–Trinajstić information content (AvgIpc) is 3.21. The van der Waals surface area contributed by atoms with Crippen LogP contribution in [-0.2, 0) is 4.74 Å². The molecule has 120 valence electrons. The predicted molar refractivity (Wildman–Crippen MR) is 90.1 cm³/mol. The fourth-order valence-corrected chi connectivity index (χ4v) is 3.09. The van der Waals surface area contributed by atoms with Gasteiger partial charge < -0.3 is 4.74 Å². The van der Waals surface area contributed by atoms with E-state index in [2.05, 4.69) is 16.2 Å². The molecule has 0 saturated carbocycles. The van der Waals surface area contributed by atoms with Crippen molar-refractivity contribution in [2.24, 2.45) is 0 Å². The summed E-state index contributed by atoms with van der Waals surface area (Å²) in [5.74, 6) is -0.389. The molecule has 0 saturated heterocycles. The van der Waals surface area contributed by atoms with Crippen LogP contribution < -0.4 is 0 Å². The maximum absolute atomic E-state index is 11.9. The second-order valence-corrected chi connectivity index (χ2v) is 5.82. The lowest BCUT2D eigenvalue weighted by Gasteiger charge is -2.02. The van der Waals surface area contributed by atoms with E-state index in [1.807, 2.05) is 17.5 Å². The molecule has 6 nitrogen and oxygen atoms in total.